The fourth-order valence-corrected chi connectivity index (χ4v) is 6.42. The maximum Gasteiger partial charge on any atom is 0.430 e. The van der Waals surface area contributed by atoms with Crippen LogP contribution < -0.4 is 20.7 Å². The molecule has 3 heterocycles. The Morgan fingerprint density at radius 1 is 0.917 bits per heavy atom. The summed E-state index contributed by atoms with van der Waals surface area (Å²) in [5.41, 5.74) is 9.85. The topological polar surface area (TPSA) is 351 Å². The molecule has 1 amide bonds. The molecule has 0 aliphatic heterocycles. The predicted molar refractivity (Wildman–Crippen MR) is 201 cm³/mol. The molecular formula is C36H53F3N8O13. The Morgan fingerprint density at radius 2 is 1.47 bits per heavy atom. The van der Waals surface area contributed by atoms with E-state index < -0.39 is 80.1 Å². The second-order valence-electron chi connectivity index (χ2n) is 13.8. The number of nitrogen functional groups attached to an aromatic ring is 1. The molecule has 60 heavy (non-hydrogen) atoms. The number of H-pyrrole nitrogens is 1. The zero-order valence-electron chi connectivity index (χ0n) is 32.7. The molecule has 1 aromatic carbocycles. The summed E-state index contributed by atoms with van der Waals surface area (Å²) in [4.78, 5) is 34.9. The number of carboxylic acid groups (broad SMARTS) is 1. The van der Waals surface area contributed by atoms with Crippen molar-refractivity contribution in [1.82, 2.24) is 29.7 Å². The second-order valence-corrected chi connectivity index (χ2v) is 13.8. The average Bonchev–Trinajstić information content (AvgIpc) is 3.80. The van der Waals surface area contributed by atoms with Crippen LogP contribution in [0.3, 0.4) is 0 Å². The van der Waals surface area contributed by atoms with Gasteiger partial charge in [-0.2, -0.15) is 13.2 Å². The van der Waals surface area contributed by atoms with Crippen LogP contribution >= 0.6 is 0 Å². The first kappa shape index (κ1) is 49.8. The van der Waals surface area contributed by atoms with Gasteiger partial charge >= 0.3 is 6.18 Å². The van der Waals surface area contributed by atoms with E-state index in [0.29, 0.717) is 37.1 Å². The van der Waals surface area contributed by atoms with Crippen molar-refractivity contribution in [3.63, 3.8) is 0 Å². The molecule has 0 fully saturated rings. The quantitative estimate of drug-likeness (QED) is 0.0349. The molecule has 0 spiro atoms. The van der Waals surface area contributed by atoms with Crippen LogP contribution in [-0.2, 0) is 30.8 Å². The van der Waals surface area contributed by atoms with Gasteiger partial charge in [0.25, 0.3) is 11.7 Å². The number of fused-ring (bicyclic) bond motifs is 2. The van der Waals surface area contributed by atoms with Gasteiger partial charge in [-0.1, -0.05) is 6.07 Å². The number of halogens is 3. The summed E-state index contributed by atoms with van der Waals surface area (Å²) < 4.78 is 35.7. The number of nitrogens with two attached hydrogens (primary N) is 1. The Kier molecular flexibility index (Phi) is 18.5. The van der Waals surface area contributed by atoms with Crippen molar-refractivity contribution in [1.29, 1.82) is 0 Å². The molecule has 0 saturated carbocycles. The number of carboxylic acids is 1. The molecule has 8 atom stereocenters. The van der Waals surface area contributed by atoms with Crippen LogP contribution in [0.25, 0.3) is 22.2 Å². The minimum atomic E-state index is -5.19. The average molecular weight is 863 g/mol. The molecule has 14 N–H and O–H groups in total. The van der Waals surface area contributed by atoms with E-state index in [9.17, 15) is 58.8 Å². The lowest BCUT2D eigenvalue weighted by molar-refractivity contribution is -0.676. The Bertz CT molecular complexity index is 1970. The molecule has 24 heteroatoms. The second kappa shape index (κ2) is 22.3. The van der Waals surface area contributed by atoms with Crippen LogP contribution in [0, 0.1) is 0 Å². The highest BCUT2D eigenvalue weighted by molar-refractivity contribution is 5.98. The van der Waals surface area contributed by atoms with E-state index in [1.54, 1.807) is 12.3 Å². The SMILES string of the molecule is CCn1c(CNC(=O)c2nc3cc[nH]c3nc2N)[n+](CC)c2ccc(CCCN(C[C@H](O)[C@@H](O)[C@H](O)[C@H](O)CO)C[C@H](O)[C@@H](O)[C@H](O)[C@H](O)CO)cc21.O=C([O-])C(F)(F)F. The Morgan fingerprint density at radius 3 is 1.97 bits per heavy atom. The number of aliphatic hydroxyl groups is 10. The number of aryl methyl sites for hydroxylation is 3. The number of rotatable bonds is 21. The molecule has 21 nitrogen and oxygen atoms in total. The van der Waals surface area contributed by atoms with Gasteiger partial charge in [-0.15, -0.1) is 0 Å². The molecule has 3 aromatic heterocycles. The van der Waals surface area contributed by atoms with Crippen molar-refractivity contribution in [2.24, 2.45) is 0 Å². The van der Waals surface area contributed by atoms with Crippen molar-refractivity contribution < 1.29 is 83.5 Å². The fourth-order valence-electron chi connectivity index (χ4n) is 6.42. The highest BCUT2D eigenvalue weighted by atomic mass is 19.4. The van der Waals surface area contributed by atoms with Crippen molar-refractivity contribution >= 4 is 39.9 Å². The molecule has 336 valence electrons. The number of imidazole rings is 1. The molecule has 0 unspecified atom stereocenters. The fraction of sp³-hybridized carbons (Fsp3) is 0.583. The zero-order chi connectivity index (χ0) is 45.1. The summed E-state index contributed by atoms with van der Waals surface area (Å²) in [5.74, 6) is -2.62. The monoisotopic (exact) mass is 862 g/mol. The third kappa shape index (κ3) is 12.7. The number of carbonyl (C=O) groups is 2. The molecule has 0 saturated heterocycles. The van der Waals surface area contributed by atoms with Crippen LogP contribution in [-0.4, -0.2) is 175 Å². The van der Waals surface area contributed by atoms with E-state index in [-0.39, 0.29) is 37.7 Å². The Balaban J connectivity index is 0.00000126. The van der Waals surface area contributed by atoms with E-state index in [2.05, 4.69) is 29.4 Å². The number of aliphatic hydroxyl groups excluding tert-OH is 10. The maximum absolute atomic E-state index is 13.2. The van der Waals surface area contributed by atoms with Gasteiger partial charge in [0.1, 0.15) is 54.7 Å². The molecule has 0 aliphatic rings. The number of aromatic amines is 1. The van der Waals surface area contributed by atoms with Crippen molar-refractivity contribution in [3.05, 3.63) is 47.5 Å². The molecule has 0 radical (unpaired) electrons. The summed E-state index contributed by atoms with van der Waals surface area (Å²) in [5, 5.41) is 112. The summed E-state index contributed by atoms with van der Waals surface area (Å²) in [7, 11) is 0. The van der Waals surface area contributed by atoms with Crippen molar-refractivity contribution in [2.75, 3.05) is 38.6 Å². The number of nitrogens with zero attached hydrogens (tertiary/aromatic N) is 5. The van der Waals surface area contributed by atoms with E-state index in [4.69, 9.17) is 25.8 Å². The zero-order valence-corrected chi connectivity index (χ0v) is 32.7. The maximum atomic E-state index is 13.2. The van der Waals surface area contributed by atoms with Crippen molar-refractivity contribution in [2.45, 2.75) is 101 Å². The number of alkyl halides is 3. The molecule has 0 aliphatic carbocycles. The van der Waals surface area contributed by atoms with E-state index in [0.717, 1.165) is 22.4 Å². The molecular weight excluding hydrogens is 809 g/mol. The van der Waals surface area contributed by atoms with E-state index >= 15 is 0 Å². The van der Waals surface area contributed by atoms with Crippen LogP contribution in [0.1, 0.15) is 42.1 Å². The van der Waals surface area contributed by atoms with Crippen LogP contribution in [0.2, 0.25) is 0 Å². The van der Waals surface area contributed by atoms with E-state index in [1.807, 2.05) is 32.0 Å². The highest BCUT2D eigenvalue weighted by Gasteiger charge is 2.34. The smallest absolute Gasteiger partial charge is 0.430 e. The number of hydrogen-bond donors (Lipinski definition) is 13. The van der Waals surface area contributed by atoms with Gasteiger partial charge in [0.05, 0.1) is 38.5 Å². The largest absolute Gasteiger partial charge is 0.542 e. The number of amides is 1. The van der Waals surface area contributed by atoms with Crippen LogP contribution in [0.5, 0.6) is 0 Å². The third-order valence-electron chi connectivity index (χ3n) is 9.62. The van der Waals surface area contributed by atoms with Gasteiger partial charge < -0.3 is 77.0 Å². The highest BCUT2D eigenvalue weighted by Crippen LogP contribution is 2.20. The number of carbonyl (C=O) groups excluding carboxylic acids is 2. The number of nitrogens with one attached hydrogen (secondary N) is 2. The van der Waals surface area contributed by atoms with Crippen LogP contribution in [0.15, 0.2) is 30.5 Å². The van der Waals surface area contributed by atoms with Gasteiger partial charge in [-0.05, 0) is 57.0 Å². The van der Waals surface area contributed by atoms with Crippen LogP contribution in [0.4, 0.5) is 19.0 Å². The van der Waals surface area contributed by atoms with Gasteiger partial charge in [0, 0.05) is 19.3 Å². The predicted octanol–water partition coefficient (Wildman–Crippen LogP) is -4.84. The Labute approximate surface area is 340 Å². The van der Waals surface area contributed by atoms with Gasteiger partial charge in [0.15, 0.2) is 28.2 Å². The minimum absolute atomic E-state index is 0.00705. The molecule has 4 rings (SSSR count). The van der Waals surface area contributed by atoms with Gasteiger partial charge in [0.2, 0.25) is 0 Å². The first-order chi connectivity index (χ1) is 28.2. The summed E-state index contributed by atoms with van der Waals surface area (Å²) in [6.07, 6.45) is -16.8. The Hall–Kier alpha value is -4.60. The van der Waals surface area contributed by atoms with Gasteiger partial charge in [-0.25, -0.2) is 19.1 Å². The van der Waals surface area contributed by atoms with E-state index in [1.165, 1.54) is 4.90 Å². The molecule has 4 aromatic rings. The first-order valence-corrected chi connectivity index (χ1v) is 18.8. The number of aromatic nitrogens is 5. The molecule has 0 bridgehead atoms. The standard InChI is InChI=1S/C34H52N8O11.C2HF3O2/c1-3-41-20-8-7-18(12-21(20)42(4-2)26(41)13-37-34(53)27-32(35)39-33-19(38-27)9-10-36-33)6-5-11-40(14-22(45)28(49)30(51)24(47)16-43)15-23(46)29(50)31(52)25(48)17-44;3-2(4,5)1(6)7/h7-10,12,22-25,28-31,43-52H,3-6,11,13-17H2,1-2H3,(H3-,35,36,37,38,39,53);(H,6,7)/t22-,23-,24+,25+,28+,29+,30+,31+;/m0./s1. The first-order valence-electron chi connectivity index (χ1n) is 18.8. The lowest BCUT2D eigenvalue weighted by Crippen LogP contribution is -2.53. The summed E-state index contributed by atoms with van der Waals surface area (Å²) >= 11 is 0. The number of benzene rings is 1. The number of aliphatic carboxylic acids is 1. The minimum Gasteiger partial charge on any atom is -0.542 e. The van der Waals surface area contributed by atoms with Gasteiger partial charge in [-0.3, -0.25) is 9.69 Å². The lowest BCUT2D eigenvalue weighted by Gasteiger charge is -2.33. The normalized spacial score (nSPS) is 16.1. The number of anilines is 1. The third-order valence-corrected chi connectivity index (χ3v) is 9.62. The van der Waals surface area contributed by atoms with Crippen molar-refractivity contribution in [3.8, 4) is 0 Å². The number of hydrogen-bond acceptors (Lipinski definition) is 17. The lowest BCUT2D eigenvalue weighted by atomic mass is 10.0. The summed E-state index contributed by atoms with van der Waals surface area (Å²) in [6.45, 7) is 3.16. The summed E-state index contributed by atoms with van der Waals surface area (Å²) in [6, 6.07) is 7.67.